The maximum atomic E-state index is 13.5. The Morgan fingerprint density at radius 2 is 1.59 bits per heavy atom. The third-order valence-corrected chi connectivity index (χ3v) is 10.8. The lowest BCUT2D eigenvalue weighted by molar-refractivity contribution is -0.127. The highest BCUT2D eigenvalue weighted by Crippen LogP contribution is 2.37. The minimum Gasteiger partial charge on any atom is -0.492 e. The minimum absolute atomic E-state index is 0.121. The van der Waals surface area contributed by atoms with E-state index in [1.165, 1.54) is 32.9 Å². The number of sulfonamides is 2. The average molecular weight is 600 g/mol. The van der Waals surface area contributed by atoms with E-state index in [2.05, 4.69) is 5.32 Å². The van der Waals surface area contributed by atoms with E-state index < -0.39 is 32.1 Å². The van der Waals surface area contributed by atoms with E-state index in [1.807, 2.05) is 6.92 Å². The lowest BCUT2D eigenvalue weighted by Crippen LogP contribution is -2.51. The van der Waals surface area contributed by atoms with E-state index in [-0.39, 0.29) is 29.5 Å². The van der Waals surface area contributed by atoms with Crippen molar-refractivity contribution in [3.63, 3.8) is 0 Å². The number of amides is 1. The van der Waals surface area contributed by atoms with E-state index in [0.717, 1.165) is 24.8 Å². The molecular formula is C29H33N3O7S2. The molecule has 1 amide bonds. The zero-order valence-corrected chi connectivity index (χ0v) is 24.4. The summed E-state index contributed by atoms with van der Waals surface area (Å²) in [5.74, 6) is 0.305. The molecule has 10 nitrogen and oxygen atoms in total. The van der Waals surface area contributed by atoms with E-state index in [1.54, 1.807) is 48.5 Å². The molecule has 5 rings (SSSR count). The number of benzene rings is 3. The quantitative estimate of drug-likeness (QED) is 0.375. The number of aryl methyl sites for hydroxylation is 1. The third kappa shape index (κ3) is 6.34. The Labute approximate surface area is 241 Å². The summed E-state index contributed by atoms with van der Waals surface area (Å²) >= 11 is 0. The number of anilines is 1. The molecule has 1 N–H and O–H groups in total. The monoisotopic (exact) mass is 599 g/mol. The van der Waals surface area contributed by atoms with Crippen molar-refractivity contribution in [1.29, 1.82) is 0 Å². The van der Waals surface area contributed by atoms with Gasteiger partial charge in [0.1, 0.15) is 18.1 Å². The maximum absolute atomic E-state index is 13.5. The summed E-state index contributed by atoms with van der Waals surface area (Å²) in [7, 11) is -7.46. The normalized spacial score (nSPS) is 17.8. The van der Waals surface area contributed by atoms with Gasteiger partial charge in [0, 0.05) is 13.1 Å². The van der Waals surface area contributed by atoms with Crippen molar-refractivity contribution in [3.05, 3.63) is 78.4 Å². The molecule has 0 saturated carbocycles. The Morgan fingerprint density at radius 1 is 0.902 bits per heavy atom. The second kappa shape index (κ2) is 12.1. The zero-order valence-electron chi connectivity index (χ0n) is 22.7. The first kappa shape index (κ1) is 28.9. The second-order valence-electron chi connectivity index (χ2n) is 10.0. The Hall–Kier alpha value is -3.61. The Balaban J connectivity index is 1.19. The van der Waals surface area contributed by atoms with Gasteiger partial charge in [-0.1, -0.05) is 30.7 Å². The van der Waals surface area contributed by atoms with Gasteiger partial charge in [-0.05, 0) is 73.9 Å². The van der Waals surface area contributed by atoms with Crippen molar-refractivity contribution in [2.75, 3.05) is 37.1 Å². The smallest absolute Gasteiger partial charge is 0.264 e. The van der Waals surface area contributed by atoms with Crippen LogP contribution in [-0.2, 0) is 24.8 Å². The van der Waals surface area contributed by atoms with Gasteiger partial charge in [-0.3, -0.25) is 9.10 Å². The van der Waals surface area contributed by atoms with Crippen LogP contribution in [0.4, 0.5) is 5.69 Å². The van der Waals surface area contributed by atoms with Crippen molar-refractivity contribution in [2.45, 2.75) is 42.1 Å². The molecular weight excluding hydrogens is 566 g/mol. The van der Waals surface area contributed by atoms with Gasteiger partial charge in [0.05, 0.1) is 28.6 Å². The van der Waals surface area contributed by atoms with Crippen molar-refractivity contribution in [2.24, 2.45) is 0 Å². The zero-order chi connectivity index (χ0) is 29.0. The van der Waals surface area contributed by atoms with Crippen LogP contribution in [0, 0.1) is 6.92 Å². The first-order valence-corrected chi connectivity index (χ1v) is 16.4. The van der Waals surface area contributed by atoms with Gasteiger partial charge < -0.3 is 14.8 Å². The lowest BCUT2D eigenvalue weighted by atomic mass is 10.1. The summed E-state index contributed by atoms with van der Waals surface area (Å²) in [6.45, 7) is 3.00. The summed E-state index contributed by atoms with van der Waals surface area (Å²) in [5, 5.41) is 2.75. The Kier molecular flexibility index (Phi) is 8.52. The molecule has 3 aromatic carbocycles. The molecule has 41 heavy (non-hydrogen) atoms. The number of nitrogens with one attached hydrogen (secondary N) is 1. The fourth-order valence-electron chi connectivity index (χ4n) is 4.86. The van der Waals surface area contributed by atoms with Crippen LogP contribution in [0.2, 0.25) is 0 Å². The first-order valence-electron chi connectivity index (χ1n) is 13.5. The minimum atomic E-state index is -3.93. The van der Waals surface area contributed by atoms with Gasteiger partial charge in [0.15, 0.2) is 6.10 Å². The van der Waals surface area contributed by atoms with Gasteiger partial charge in [-0.2, -0.15) is 4.31 Å². The van der Waals surface area contributed by atoms with Gasteiger partial charge in [0.25, 0.3) is 15.9 Å². The molecule has 0 unspecified atom stereocenters. The molecule has 2 heterocycles. The van der Waals surface area contributed by atoms with Crippen LogP contribution < -0.4 is 19.1 Å². The van der Waals surface area contributed by atoms with Gasteiger partial charge >= 0.3 is 0 Å². The standard InChI is InChI=1S/C29H33N3O7S2/c1-22-10-15-26-27(20-22)39-28(21-32(26)41(36,37)24-8-4-2-5-9-24)29(33)30-16-19-38-23-11-13-25(14-12-23)40(34,35)31-17-6-3-7-18-31/h2,4-5,8-15,20,28H,3,6-7,16-19,21H2,1H3,(H,30,33)/t28-/m0/s1. The number of carbonyl (C=O) groups is 1. The molecule has 0 bridgehead atoms. The predicted molar refractivity (Wildman–Crippen MR) is 154 cm³/mol. The molecule has 2 aliphatic heterocycles. The highest BCUT2D eigenvalue weighted by molar-refractivity contribution is 7.92. The number of nitrogens with zero attached hydrogens (tertiary/aromatic N) is 2. The molecule has 1 atom stereocenters. The maximum Gasteiger partial charge on any atom is 0.264 e. The summed E-state index contributed by atoms with van der Waals surface area (Å²) in [6.07, 6.45) is 1.71. The number of rotatable bonds is 9. The second-order valence-corrected chi connectivity index (χ2v) is 13.8. The highest BCUT2D eigenvalue weighted by Gasteiger charge is 2.37. The van der Waals surface area contributed by atoms with Crippen LogP contribution in [-0.4, -0.2) is 65.9 Å². The fraction of sp³-hybridized carbons (Fsp3) is 0.345. The van der Waals surface area contributed by atoms with Crippen LogP contribution in [0.15, 0.2) is 82.6 Å². The molecule has 3 aromatic rings. The van der Waals surface area contributed by atoms with E-state index >= 15 is 0 Å². The first-order chi connectivity index (χ1) is 19.7. The van der Waals surface area contributed by atoms with Gasteiger partial charge in [-0.25, -0.2) is 16.8 Å². The molecule has 1 fully saturated rings. The summed E-state index contributed by atoms with van der Waals surface area (Å²) < 4.78 is 67.0. The lowest BCUT2D eigenvalue weighted by Gasteiger charge is -2.35. The summed E-state index contributed by atoms with van der Waals surface area (Å²) in [4.78, 5) is 13.4. The Morgan fingerprint density at radius 3 is 2.29 bits per heavy atom. The topological polar surface area (TPSA) is 122 Å². The van der Waals surface area contributed by atoms with E-state index in [9.17, 15) is 21.6 Å². The molecule has 218 valence electrons. The highest BCUT2D eigenvalue weighted by atomic mass is 32.2. The van der Waals surface area contributed by atoms with Crippen LogP contribution in [0.3, 0.4) is 0 Å². The number of hydrogen-bond donors (Lipinski definition) is 1. The fourth-order valence-corrected chi connectivity index (χ4v) is 7.88. The van der Waals surface area contributed by atoms with Gasteiger partial charge in [-0.15, -0.1) is 0 Å². The number of fused-ring (bicyclic) bond motifs is 1. The van der Waals surface area contributed by atoms with Crippen molar-refractivity contribution >= 4 is 31.6 Å². The van der Waals surface area contributed by atoms with Crippen molar-refractivity contribution in [1.82, 2.24) is 9.62 Å². The van der Waals surface area contributed by atoms with Crippen LogP contribution >= 0.6 is 0 Å². The number of carbonyl (C=O) groups excluding carboxylic acids is 1. The molecule has 2 aliphatic rings. The van der Waals surface area contributed by atoms with Crippen molar-refractivity contribution < 1.29 is 31.1 Å². The largest absolute Gasteiger partial charge is 0.492 e. The molecule has 0 aromatic heterocycles. The SMILES string of the molecule is Cc1ccc2c(c1)O[C@H](C(=O)NCCOc1ccc(S(=O)(=O)N3CCCCC3)cc1)CN2S(=O)(=O)c1ccccc1. The molecule has 0 aliphatic carbocycles. The Bertz CT molecular complexity index is 1590. The van der Waals surface area contributed by atoms with Gasteiger partial charge in [0.2, 0.25) is 10.0 Å². The third-order valence-electron chi connectivity index (χ3n) is 7.06. The predicted octanol–water partition coefficient (Wildman–Crippen LogP) is 3.32. The number of hydrogen-bond acceptors (Lipinski definition) is 7. The molecule has 0 radical (unpaired) electrons. The molecule has 1 saturated heterocycles. The van der Waals surface area contributed by atoms with Crippen LogP contribution in [0.1, 0.15) is 24.8 Å². The van der Waals surface area contributed by atoms with Crippen LogP contribution in [0.25, 0.3) is 0 Å². The van der Waals surface area contributed by atoms with E-state index in [0.29, 0.717) is 30.3 Å². The summed E-state index contributed by atoms with van der Waals surface area (Å²) in [6, 6.07) is 19.5. The average Bonchev–Trinajstić information content (AvgIpc) is 2.99. The van der Waals surface area contributed by atoms with Crippen molar-refractivity contribution in [3.8, 4) is 11.5 Å². The molecule has 0 spiro atoms. The summed E-state index contributed by atoms with van der Waals surface area (Å²) in [5.41, 5.74) is 1.24. The molecule has 12 heteroatoms. The van der Waals surface area contributed by atoms with Crippen LogP contribution in [0.5, 0.6) is 11.5 Å². The number of ether oxygens (including phenoxy) is 2. The van der Waals surface area contributed by atoms with E-state index in [4.69, 9.17) is 9.47 Å². The number of piperidine rings is 1.